The fraction of sp³-hybridized carbons (Fsp3) is 0.0714. The summed E-state index contributed by atoms with van der Waals surface area (Å²) in [7, 11) is -3.84. The van der Waals surface area contributed by atoms with Gasteiger partial charge in [-0.15, -0.1) is 0 Å². The molecule has 0 aliphatic rings. The molecule has 4 aromatic rings. The first-order valence-corrected chi connectivity index (χ1v) is 12.3. The van der Waals surface area contributed by atoms with Gasteiger partial charge in [0, 0.05) is 17.1 Å². The van der Waals surface area contributed by atoms with Gasteiger partial charge in [0.2, 0.25) is 0 Å². The lowest BCUT2D eigenvalue weighted by molar-refractivity contribution is -0.121. The van der Waals surface area contributed by atoms with E-state index >= 15 is 0 Å². The number of aryl methyl sites for hydroxylation is 1. The van der Waals surface area contributed by atoms with Crippen LogP contribution in [-0.2, 0) is 19.6 Å². The van der Waals surface area contributed by atoms with Crippen LogP contribution in [0.1, 0.15) is 23.1 Å². The zero-order valence-electron chi connectivity index (χ0n) is 19.0. The number of carbonyl (C=O) groups is 2. The number of fused-ring (bicyclic) bond motifs is 1. The van der Waals surface area contributed by atoms with Gasteiger partial charge in [-0.1, -0.05) is 54.1 Å². The van der Waals surface area contributed by atoms with E-state index in [0.29, 0.717) is 16.5 Å². The Morgan fingerprint density at radius 2 is 1.49 bits per heavy atom. The van der Waals surface area contributed by atoms with Gasteiger partial charge >= 0.3 is 0 Å². The number of ketones is 2. The Balaban J connectivity index is 1.55. The van der Waals surface area contributed by atoms with Crippen molar-refractivity contribution in [2.75, 3.05) is 0 Å². The van der Waals surface area contributed by atoms with E-state index in [1.807, 2.05) is 6.92 Å². The van der Waals surface area contributed by atoms with Crippen molar-refractivity contribution < 1.29 is 23.1 Å². The van der Waals surface area contributed by atoms with Crippen molar-refractivity contribution in [3.8, 4) is 5.75 Å². The smallest absolute Gasteiger partial charge is 0.268 e. The Kier molecular flexibility index (Phi) is 6.80. The van der Waals surface area contributed by atoms with E-state index in [1.54, 1.807) is 66.7 Å². The number of aromatic hydroxyl groups is 1. The largest absolute Gasteiger partial charge is 0.508 e. The van der Waals surface area contributed by atoms with Gasteiger partial charge in [-0.05, 0) is 61.0 Å². The lowest BCUT2D eigenvalue weighted by Crippen LogP contribution is -2.11. The fourth-order valence-corrected chi connectivity index (χ4v) is 4.96. The van der Waals surface area contributed by atoms with Crippen LogP contribution in [0.2, 0.25) is 0 Å². The molecule has 0 aliphatic carbocycles. The molecule has 4 rings (SSSR count). The first-order chi connectivity index (χ1) is 16.7. The highest BCUT2D eigenvalue weighted by Crippen LogP contribution is 2.27. The van der Waals surface area contributed by atoms with Crippen LogP contribution in [0.4, 0.5) is 0 Å². The maximum Gasteiger partial charge on any atom is 0.268 e. The molecule has 1 aromatic heterocycles. The lowest BCUT2D eigenvalue weighted by atomic mass is 10.1. The molecule has 0 aliphatic heterocycles. The number of carbonyl (C=O) groups excluding carboxylic acids is 2. The van der Waals surface area contributed by atoms with Gasteiger partial charge in [0.25, 0.3) is 10.0 Å². The number of aromatic nitrogens is 1. The van der Waals surface area contributed by atoms with Crippen LogP contribution in [0, 0.1) is 6.92 Å². The lowest BCUT2D eigenvalue weighted by Gasteiger charge is -2.07. The molecule has 0 saturated carbocycles. The van der Waals surface area contributed by atoms with E-state index in [2.05, 4.69) is 0 Å². The number of allylic oxidation sites excluding steroid dienone is 2. The highest BCUT2D eigenvalue weighted by molar-refractivity contribution is 7.90. The minimum atomic E-state index is -3.84. The van der Waals surface area contributed by atoms with Crippen LogP contribution in [0.25, 0.3) is 23.1 Å². The minimum absolute atomic E-state index is 0.127. The van der Waals surface area contributed by atoms with Crippen molar-refractivity contribution in [1.29, 1.82) is 0 Å². The van der Waals surface area contributed by atoms with E-state index in [1.165, 1.54) is 40.5 Å². The molecule has 6 nitrogen and oxygen atoms in total. The molecule has 0 fully saturated rings. The summed E-state index contributed by atoms with van der Waals surface area (Å²) in [5, 5.41) is 9.98. The Bertz CT molecular complexity index is 1560. The van der Waals surface area contributed by atoms with Gasteiger partial charge in [0.05, 0.1) is 16.8 Å². The number of benzene rings is 3. The molecule has 0 spiro atoms. The molecule has 0 bridgehead atoms. The van der Waals surface area contributed by atoms with Crippen molar-refractivity contribution in [3.63, 3.8) is 0 Å². The van der Waals surface area contributed by atoms with Crippen molar-refractivity contribution in [3.05, 3.63) is 108 Å². The number of hydrogen-bond donors (Lipinski definition) is 1. The van der Waals surface area contributed by atoms with Gasteiger partial charge in [0.1, 0.15) is 5.75 Å². The molecule has 1 heterocycles. The standard InChI is InChI=1S/C28H23NO5S/c1-20-6-16-26(17-7-20)35(33,34)29-19-22(27-4-2-3-5-28(27)29)11-15-25(32)18-24(31)14-10-21-8-12-23(30)13-9-21/h2-17,19,30H,18H2,1H3. The minimum Gasteiger partial charge on any atom is -0.508 e. The summed E-state index contributed by atoms with van der Waals surface area (Å²) in [6, 6.07) is 20.0. The SMILES string of the molecule is Cc1ccc(S(=O)(=O)n2cc(C=CC(=O)CC(=O)C=Cc3ccc(O)cc3)c3ccccc32)cc1. The highest BCUT2D eigenvalue weighted by atomic mass is 32.2. The van der Waals surface area contributed by atoms with Crippen LogP contribution < -0.4 is 0 Å². The van der Waals surface area contributed by atoms with Crippen LogP contribution >= 0.6 is 0 Å². The molecular weight excluding hydrogens is 462 g/mol. The summed E-state index contributed by atoms with van der Waals surface area (Å²) < 4.78 is 27.7. The van der Waals surface area contributed by atoms with Gasteiger partial charge in [-0.2, -0.15) is 0 Å². The second-order valence-electron chi connectivity index (χ2n) is 8.08. The summed E-state index contributed by atoms with van der Waals surface area (Å²) in [5.41, 5.74) is 2.72. The first kappa shape index (κ1) is 23.9. The van der Waals surface area contributed by atoms with Crippen LogP contribution in [-0.4, -0.2) is 29.1 Å². The van der Waals surface area contributed by atoms with Crippen molar-refractivity contribution in [2.45, 2.75) is 18.2 Å². The molecule has 0 saturated heterocycles. The maximum absolute atomic E-state index is 13.3. The van der Waals surface area contributed by atoms with Gasteiger partial charge < -0.3 is 5.11 Å². The van der Waals surface area contributed by atoms with Crippen molar-refractivity contribution in [1.82, 2.24) is 3.97 Å². The average molecular weight is 486 g/mol. The molecule has 1 N–H and O–H groups in total. The summed E-state index contributed by atoms with van der Waals surface area (Å²) in [5.74, 6) is -0.637. The number of para-hydroxylation sites is 1. The zero-order valence-corrected chi connectivity index (χ0v) is 19.8. The van der Waals surface area contributed by atoms with Crippen LogP contribution in [0.5, 0.6) is 5.75 Å². The van der Waals surface area contributed by atoms with Gasteiger partial charge in [-0.3, -0.25) is 9.59 Å². The first-order valence-electron chi connectivity index (χ1n) is 10.9. The van der Waals surface area contributed by atoms with Gasteiger partial charge in [-0.25, -0.2) is 12.4 Å². The third-order valence-electron chi connectivity index (χ3n) is 5.44. The Labute approximate surface area is 203 Å². The highest BCUT2D eigenvalue weighted by Gasteiger charge is 2.20. The van der Waals surface area contributed by atoms with E-state index in [-0.39, 0.29) is 22.8 Å². The quantitative estimate of drug-likeness (QED) is 0.275. The maximum atomic E-state index is 13.3. The number of rotatable bonds is 8. The number of hydrogen-bond acceptors (Lipinski definition) is 5. The summed E-state index contributed by atoms with van der Waals surface area (Å²) in [4.78, 5) is 24.7. The van der Waals surface area contributed by atoms with E-state index in [9.17, 15) is 23.1 Å². The average Bonchev–Trinajstić information content (AvgIpc) is 3.22. The molecule has 3 aromatic carbocycles. The van der Waals surface area contributed by atoms with Crippen molar-refractivity contribution in [2.24, 2.45) is 0 Å². The fourth-order valence-electron chi connectivity index (χ4n) is 3.58. The molecule has 176 valence electrons. The summed E-state index contributed by atoms with van der Waals surface area (Å²) in [6.07, 6.45) is 6.88. The number of phenols is 1. The molecule has 0 radical (unpaired) electrons. The summed E-state index contributed by atoms with van der Waals surface area (Å²) in [6.45, 7) is 1.88. The predicted octanol–water partition coefficient (Wildman–Crippen LogP) is 5.15. The van der Waals surface area contributed by atoms with Crippen LogP contribution in [0.15, 0.2) is 96.0 Å². The van der Waals surface area contributed by atoms with E-state index in [4.69, 9.17) is 0 Å². The third-order valence-corrected chi connectivity index (χ3v) is 7.13. The summed E-state index contributed by atoms with van der Waals surface area (Å²) >= 11 is 0. The molecule has 35 heavy (non-hydrogen) atoms. The monoisotopic (exact) mass is 485 g/mol. The topological polar surface area (TPSA) is 93.4 Å². The number of phenolic OH excluding ortho intramolecular Hbond substituents is 1. The molecule has 0 amide bonds. The van der Waals surface area contributed by atoms with Crippen molar-refractivity contribution >= 4 is 44.6 Å². The Morgan fingerprint density at radius 1 is 0.857 bits per heavy atom. The zero-order chi connectivity index (χ0) is 25.0. The molecular formula is C28H23NO5S. The second-order valence-corrected chi connectivity index (χ2v) is 9.90. The Morgan fingerprint density at radius 3 is 2.17 bits per heavy atom. The normalized spacial score (nSPS) is 12.0. The third kappa shape index (κ3) is 5.47. The Hall–Kier alpha value is -4.23. The number of nitrogens with zero attached hydrogens (tertiary/aromatic N) is 1. The molecule has 7 heteroatoms. The van der Waals surface area contributed by atoms with Crippen LogP contribution in [0.3, 0.4) is 0 Å². The molecule has 0 unspecified atom stereocenters. The van der Waals surface area contributed by atoms with E-state index in [0.717, 1.165) is 11.1 Å². The predicted molar refractivity (Wildman–Crippen MR) is 137 cm³/mol. The van der Waals surface area contributed by atoms with Gasteiger partial charge in [0.15, 0.2) is 11.6 Å². The second kappa shape index (κ2) is 9.95. The van der Waals surface area contributed by atoms with E-state index < -0.39 is 15.8 Å². The molecule has 0 atom stereocenters.